The van der Waals surface area contributed by atoms with Gasteiger partial charge in [0.25, 0.3) is 5.88 Å². The number of hydrogen-bond donors (Lipinski definition) is 1. The van der Waals surface area contributed by atoms with Crippen molar-refractivity contribution >= 4 is 5.82 Å². The zero-order chi connectivity index (χ0) is 14.9. The normalized spacial score (nSPS) is 25.3. The lowest BCUT2D eigenvalue weighted by atomic mass is 9.71. The van der Waals surface area contributed by atoms with Crippen molar-refractivity contribution in [3.63, 3.8) is 0 Å². The number of hydrogen-bond acceptors (Lipinski definition) is 3. The molecular weight excluding hydrogens is 262 g/mol. The second kappa shape index (κ2) is 5.54. The van der Waals surface area contributed by atoms with Crippen LogP contribution in [0.1, 0.15) is 40.0 Å². The Morgan fingerprint density at radius 3 is 2.60 bits per heavy atom. The van der Waals surface area contributed by atoms with E-state index in [2.05, 4.69) is 31.1 Å². The molecule has 0 aromatic carbocycles. The molecule has 0 aliphatic heterocycles. The van der Waals surface area contributed by atoms with Crippen molar-refractivity contribution in [2.45, 2.75) is 46.1 Å². The first kappa shape index (κ1) is 15.0. The third-order valence-corrected chi connectivity index (χ3v) is 3.76. The molecule has 0 amide bonds. The molecule has 5 heteroatoms. The largest absolute Gasteiger partial charge is 0.472 e. The SMILES string of the molecule is CNc1nc(OC2CC(C)CC(C)(C)C2)c(F)cc1F. The molecule has 0 spiro atoms. The van der Waals surface area contributed by atoms with Crippen molar-refractivity contribution in [2.75, 3.05) is 12.4 Å². The van der Waals surface area contributed by atoms with Gasteiger partial charge in [-0.1, -0.05) is 20.8 Å². The van der Waals surface area contributed by atoms with Crippen LogP contribution in [0.4, 0.5) is 14.6 Å². The summed E-state index contributed by atoms with van der Waals surface area (Å²) in [4.78, 5) is 3.87. The van der Waals surface area contributed by atoms with E-state index >= 15 is 0 Å². The van der Waals surface area contributed by atoms with E-state index in [9.17, 15) is 8.78 Å². The molecular formula is C15H22F2N2O. The Kier molecular flexibility index (Phi) is 4.16. The lowest BCUT2D eigenvalue weighted by Crippen LogP contribution is -2.34. The zero-order valence-electron chi connectivity index (χ0n) is 12.5. The maximum Gasteiger partial charge on any atom is 0.252 e. The van der Waals surface area contributed by atoms with Crippen LogP contribution in [-0.4, -0.2) is 18.1 Å². The predicted octanol–water partition coefficient (Wildman–Crippen LogP) is 4.00. The molecule has 1 aliphatic carbocycles. The zero-order valence-corrected chi connectivity index (χ0v) is 12.5. The van der Waals surface area contributed by atoms with Gasteiger partial charge in [-0.3, -0.25) is 0 Å². The Morgan fingerprint density at radius 2 is 2.00 bits per heavy atom. The van der Waals surface area contributed by atoms with Gasteiger partial charge in [0.05, 0.1) is 0 Å². The van der Waals surface area contributed by atoms with Crippen LogP contribution < -0.4 is 10.1 Å². The van der Waals surface area contributed by atoms with Gasteiger partial charge in [0.15, 0.2) is 17.5 Å². The minimum atomic E-state index is -0.752. The van der Waals surface area contributed by atoms with Crippen LogP contribution in [0.3, 0.4) is 0 Å². The number of nitrogens with one attached hydrogen (secondary N) is 1. The van der Waals surface area contributed by atoms with E-state index in [1.54, 1.807) is 7.05 Å². The summed E-state index contributed by atoms with van der Waals surface area (Å²) in [6, 6.07) is 0.811. The summed E-state index contributed by atoms with van der Waals surface area (Å²) >= 11 is 0. The molecule has 1 N–H and O–H groups in total. The van der Waals surface area contributed by atoms with E-state index in [0.29, 0.717) is 5.92 Å². The minimum Gasteiger partial charge on any atom is -0.472 e. The Balaban J connectivity index is 2.17. The van der Waals surface area contributed by atoms with Gasteiger partial charge in [0.2, 0.25) is 0 Å². The maximum atomic E-state index is 13.8. The van der Waals surface area contributed by atoms with Gasteiger partial charge in [0.1, 0.15) is 6.10 Å². The topological polar surface area (TPSA) is 34.2 Å². The summed E-state index contributed by atoms with van der Waals surface area (Å²) in [6.45, 7) is 6.55. The summed E-state index contributed by atoms with van der Waals surface area (Å²) in [6.07, 6.45) is 2.78. The highest BCUT2D eigenvalue weighted by Crippen LogP contribution is 2.40. The first-order valence-corrected chi connectivity index (χ1v) is 7.01. The number of nitrogens with zero attached hydrogens (tertiary/aromatic N) is 1. The van der Waals surface area contributed by atoms with Crippen molar-refractivity contribution in [3.05, 3.63) is 17.7 Å². The van der Waals surface area contributed by atoms with E-state index in [1.165, 1.54) is 0 Å². The third kappa shape index (κ3) is 3.38. The number of ether oxygens (including phenoxy) is 1. The minimum absolute atomic E-state index is 0.00418. The molecule has 1 saturated carbocycles. The molecule has 2 atom stereocenters. The molecule has 1 fully saturated rings. The lowest BCUT2D eigenvalue weighted by Gasteiger charge is -2.38. The summed E-state index contributed by atoms with van der Waals surface area (Å²) < 4.78 is 32.8. The highest BCUT2D eigenvalue weighted by molar-refractivity contribution is 5.39. The van der Waals surface area contributed by atoms with Crippen molar-refractivity contribution in [1.82, 2.24) is 4.98 Å². The van der Waals surface area contributed by atoms with Gasteiger partial charge < -0.3 is 10.1 Å². The first-order valence-electron chi connectivity index (χ1n) is 7.01. The van der Waals surface area contributed by atoms with Gasteiger partial charge in [0, 0.05) is 13.1 Å². The molecule has 2 unspecified atom stereocenters. The second-order valence-corrected chi connectivity index (χ2v) is 6.51. The van der Waals surface area contributed by atoms with Gasteiger partial charge in [-0.15, -0.1) is 0 Å². The van der Waals surface area contributed by atoms with Gasteiger partial charge >= 0.3 is 0 Å². The Labute approximate surface area is 118 Å². The summed E-state index contributed by atoms with van der Waals surface area (Å²) in [5.41, 5.74) is 0.171. The number of rotatable bonds is 3. The van der Waals surface area contributed by atoms with E-state index in [0.717, 1.165) is 25.3 Å². The highest BCUT2D eigenvalue weighted by Gasteiger charge is 2.33. The number of aromatic nitrogens is 1. The van der Waals surface area contributed by atoms with Gasteiger partial charge in [-0.2, -0.15) is 4.98 Å². The van der Waals surface area contributed by atoms with Crippen molar-refractivity contribution in [1.29, 1.82) is 0 Å². The quantitative estimate of drug-likeness (QED) is 0.911. The molecule has 1 aromatic heterocycles. The third-order valence-electron chi connectivity index (χ3n) is 3.76. The molecule has 0 radical (unpaired) electrons. The Hall–Kier alpha value is -1.39. The van der Waals surface area contributed by atoms with E-state index < -0.39 is 11.6 Å². The van der Waals surface area contributed by atoms with Crippen molar-refractivity contribution in [3.8, 4) is 5.88 Å². The molecule has 20 heavy (non-hydrogen) atoms. The first-order chi connectivity index (χ1) is 9.30. The summed E-state index contributed by atoms with van der Waals surface area (Å²) in [5, 5.41) is 2.59. The van der Waals surface area contributed by atoms with Gasteiger partial charge in [-0.05, 0) is 30.6 Å². The molecule has 112 valence electrons. The lowest BCUT2D eigenvalue weighted by molar-refractivity contribution is 0.0503. The fourth-order valence-corrected chi connectivity index (χ4v) is 3.21. The number of pyridine rings is 1. The fraction of sp³-hybridized carbons (Fsp3) is 0.667. The molecule has 3 nitrogen and oxygen atoms in total. The molecule has 2 rings (SSSR count). The van der Waals surface area contributed by atoms with Crippen LogP contribution >= 0.6 is 0 Å². The average Bonchev–Trinajstić information content (AvgIpc) is 2.30. The van der Waals surface area contributed by atoms with Crippen LogP contribution in [-0.2, 0) is 0 Å². The van der Waals surface area contributed by atoms with Crippen LogP contribution in [0.25, 0.3) is 0 Å². The van der Waals surface area contributed by atoms with Crippen LogP contribution in [0, 0.1) is 23.0 Å². The molecule has 0 bridgehead atoms. The van der Waals surface area contributed by atoms with Crippen molar-refractivity contribution < 1.29 is 13.5 Å². The van der Waals surface area contributed by atoms with E-state index in [1.807, 2.05) is 0 Å². The van der Waals surface area contributed by atoms with Crippen LogP contribution in [0.2, 0.25) is 0 Å². The highest BCUT2D eigenvalue weighted by atomic mass is 19.1. The number of halogens is 2. The smallest absolute Gasteiger partial charge is 0.252 e. The van der Waals surface area contributed by atoms with Crippen LogP contribution in [0.5, 0.6) is 5.88 Å². The van der Waals surface area contributed by atoms with Crippen LogP contribution in [0.15, 0.2) is 6.07 Å². The maximum absolute atomic E-state index is 13.8. The Morgan fingerprint density at radius 1 is 1.30 bits per heavy atom. The van der Waals surface area contributed by atoms with E-state index in [4.69, 9.17) is 4.74 Å². The molecule has 1 aliphatic rings. The Bertz CT molecular complexity index is 491. The predicted molar refractivity (Wildman–Crippen MR) is 74.9 cm³/mol. The fourth-order valence-electron chi connectivity index (χ4n) is 3.21. The number of anilines is 1. The molecule has 0 saturated heterocycles. The van der Waals surface area contributed by atoms with E-state index in [-0.39, 0.29) is 23.2 Å². The monoisotopic (exact) mass is 284 g/mol. The standard InChI is InChI=1S/C15H22F2N2O/c1-9-5-10(8-15(2,3)7-9)20-14-12(17)6-11(16)13(18-4)19-14/h6,9-10H,5,7-8H2,1-4H3,(H,18,19). The molecule has 1 aromatic rings. The van der Waals surface area contributed by atoms with Crippen molar-refractivity contribution in [2.24, 2.45) is 11.3 Å². The second-order valence-electron chi connectivity index (χ2n) is 6.51. The average molecular weight is 284 g/mol. The summed E-state index contributed by atoms with van der Waals surface area (Å²) in [7, 11) is 1.54. The van der Waals surface area contributed by atoms with Gasteiger partial charge in [-0.25, -0.2) is 8.78 Å². The molecule has 1 heterocycles. The summed E-state index contributed by atoms with van der Waals surface area (Å²) in [5.74, 6) is -1.06.